The van der Waals surface area contributed by atoms with E-state index in [4.69, 9.17) is 23.9 Å². The standard InChI is InChI=1S/C41H34N2O6S/c1-4-48-40(45)36-37(28-16-9-6-10-17-28)42-41-43(38(36)29-20-22-33(46-2)34(23-29)47-3)39(44)35(50-41)24-31-30-18-12-11-15-27(30)19-21-32(31)49-25-26-13-7-5-8-14-26/h5-24,38H,4,25H2,1-3H3/b35-24-/t38-/m0/s1. The first kappa shape index (κ1) is 32.6. The average molecular weight is 683 g/mol. The maximum absolute atomic E-state index is 14.7. The van der Waals surface area contributed by atoms with Crippen molar-refractivity contribution < 1.29 is 23.7 Å². The number of carbonyl (C=O) groups is 1. The monoisotopic (exact) mass is 682 g/mol. The molecule has 0 fully saturated rings. The van der Waals surface area contributed by atoms with E-state index < -0.39 is 12.0 Å². The molecule has 0 spiro atoms. The summed E-state index contributed by atoms with van der Waals surface area (Å²) in [6, 6.07) is 35.9. The number of nitrogens with zero attached hydrogens (tertiary/aromatic N) is 2. The van der Waals surface area contributed by atoms with Crippen LogP contribution < -0.4 is 29.1 Å². The number of thiazole rings is 1. The van der Waals surface area contributed by atoms with Crippen LogP contribution in [0.5, 0.6) is 17.2 Å². The maximum atomic E-state index is 14.7. The van der Waals surface area contributed by atoms with E-state index in [-0.39, 0.29) is 17.7 Å². The molecule has 5 aromatic carbocycles. The summed E-state index contributed by atoms with van der Waals surface area (Å²) in [6.45, 7) is 2.27. The third-order valence-electron chi connectivity index (χ3n) is 8.54. The first-order chi connectivity index (χ1) is 24.5. The van der Waals surface area contributed by atoms with Crippen molar-refractivity contribution in [3.63, 3.8) is 0 Å². The Morgan fingerprint density at radius 2 is 1.54 bits per heavy atom. The minimum absolute atomic E-state index is 0.153. The van der Waals surface area contributed by atoms with Crippen LogP contribution in [0.3, 0.4) is 0 Å². The highest BCUT2D eigenvalue weighted by molar-refractivity contribution is 7.07. The van der Waals surface area contributed by atoms with E-state index in [0.717, 1.165) is 27.5 Å². The zero-order chi connectivity index (χ0) is 34.6. The van der Waals surface area contributed by atoms with Gasteiger partial charge in [-0.3, -0.25) is 9.36 Å². The van der Waals surface area contributed by atoms with Crippen molar-refractivity contribution in [2.24, 2.45) is 4.99 Å². The highest BCUT2D eigenvalue weighted by Crippen LogP contribution is 2.38. The fourth-order valence-corrected chi connectivity index (χ4v) is 7.18. The topological polar surface area (TPSA) is 88.4 Å². The Labute approximate surface area is 292 Å². The highest BCUT2D eigenvalue weighted by Gasteiger charge is 2.35. The van der Waals surface area contributed by atoms with Crippen LogP contribution in [0.1, 0.15) is 35.2 Å². The minimum Gasteiger partial charge on any atom is -0.493 e. The van der Waals surface area contributed by atoms with Crippen LogP contribution in [0, 0.1) is 0 Å². The molecule has 1 aliphatic heterocycles. The number of ether oxygens (including phenoxy) is 4. The first-order valence-electron chi connectivity index (χ1n) is 16.2. The van der Waals surface area contributed by atoms with E-state index >= 15 is 0 Å². The number of carbonyl (C=O) groups excluding carboxylic acids is 1. The van der Waals surface area contributed by atoms with Gasteiger partial charge in [0.25, 0.3) is 5.56 Å². The summed E-state index contributed by atoms with van der Waals surface area (Å²) in [5, 5.41) is 1.95. The van der Waals surface area contributed by atoms with Gasteiger partial charge in [-0.1, -0.05) is 108 Å². The maximum Gasteiger partial charge on any atom is 0.338 e. The fraction of sp³-hybridized carbons (Fsp3) is 0.146. The lowest BCUT2D eigenvalue weighted by molar-refractivity contribution is -0.138. The first-order valence-corrected chi connectivity index (χ1v) is 17.0. The van der Waals surface area contributed by atoms with Gasteiger partial charge in [-0.2, -0.15) is 0 Å². The van der Waals surface area contributed by atoms with Crippen molar-refractivity contribution in [2.45, 2.75) is 19.6 Å². The molecule has 6 aromatic rings. The molecule has 0 bridgehead atoms. The predicted octanol–water partition coefficient (Wildman–Crippen LogP) is 6.69. The smallest absolute Gasteiger partial charge is 0.338 e. The summed E-state index contributed by atoms with van der Waals surface area (Å²) in [6.07, 6.45) is 1.87. The molecule has 0 radical (unpaired) electrons. The molecule has 0 N–H and O–H groups in total. The van der Waals surface area contributed by atoms with Gasteiger partial charge in [-0.25, -0.2) is 9.79 Å². The summed E-state index contributed by atoms with van der Waals surface area (Å²) in [5.41, 5.74) is 3.56. The fourth-order valence-electron chi connectivity index (χ4n) is 6.20. The van der Waals surface area contributed by atoms with E-state index in [9.17, 15) is 9.59 Å². The molecule has 1 aliphatic rings. The largest absolute Gasteiger partial charge is 0.493 e. The molecule has 0 unspecified atom stereocenters. The minimum atomic E-state index is -0.871. The summed E-state index contributed by atoms with van der Waals surface area (Å²) in [5.74, 6) is 1.07. The summed E-state index contributed by atoms with van der Waals surface area (Å²) in [7, 11) is 3.11. The van der Waals surface area contributed by atoms with Gasteiger partial charge in [0, 0.05) is 11.1 Å². The second-order valence-corrected chi connectivity index (χ2v) is 12.5. The van der Waals surface area contributed by atoms with E-state index in [2.05, 4.69) is 0 Å². The number of benzene rings is 5. The normalized spacial score (nSPS) is 14.2. The zero-order valence-corrected chi connectivity index (χ0v) is 28.6. The van der Waals surface area contributed by atoms with Crippen molar-refractivity contribution in [3.8, 4) is 17.2 Å². The molecule has 8 nitrogen and oxygen atoms in total. The number of fused-ring (bicyclic) bond motifs is 2. The zero-order valence-electron chi connectivity index (χ0n) is 27.8. The van der Waals surface area contributed by atoms with Crippen LogP contribution in [0.25, 0.3) is 22.5 Å². The van der Waals surface area contributed by atoms with Crippen LogP contribution >= 0.6 is 11.3 Å². The molecule has 0 saturated carbocycles. The Morgan fingerprint density at radius 3 is 2.28 bits per heavy atom. The number of esters is 1. The number of aromatic nitrogens is 1. The van der Waals surface area contributed by atoms with Gasteiger partial charge in [-0.15, -0.1) is 0 Å². The number of rotatable bonds is 10. The van der Waals surface area contributed by atoms with Crippen LogP contribution in [-0.2, 0) is 16.1 Å². The molecule has 1 aromatic heterocycles. The van der Waals surface area contributed by atoms with Crippen molar-refractivity contribution >= 4 is 39.9 Å². The number of methoxy groups -OCH3 is 2. The van der Waals surface area contributed by atoms with Crippen LogP contribution in [0.4, 0.5) is 0 Å². The highest BCUT2D eigenvalue weighted by atomic mass is 32.1. The second-order valence-electron chi connectivity index (χ2n) is 11.5. The Bertz CT molecular complexity index is 2420. The van der Waals surface area contributed by atoms with Gasteiger partial charge < -0.3 is 18.9 Å². The van der Waals surface area contributed by atoms with E-state index in [1.165, 1.54) is 11.3 Å². The molecule has 2 heterocycles. The lowest BCUT2D eigenvalue weighted by Crippen LogP contribution is -2.40. The van der Waals surface area contributed by atoms with Crippen molar-refractivity contribution in [2.75, 3.05) is 20.8 Å². The molecule has 250 valence electrons. The molecule has 0 amide bonds. The summed E-state index contributed by atoms with van der Waals surface area (Å²) in [4.78, 5) is 34.0. The van der Waals surface area contributed by atoms with Crippen LogP contribution in [-0.4, -0.2) is 31.4 Å². The van der Waals surface area contributed by atoms with E-state index in [0.29, 0.717) is 44.4 Å². The number of hydrogen-bond donors (Lipinski definition) is 0. The van der Waals surface area contributed by atoms with Gasteiger partial charge in [0.1, 0.15) is 12.4 Å². The quantitative estimate of drug-likeness (QED) is 0.150. The average Bonchev–Trinajstić information content (AvgIpc) is 3.48. The van der Waals surface area contributed by atoms with Gasteiger partial charge >= 0.3 is 5.97 Å². The van der Waals surface area contributed by atoms with Crippen LogP contribution in [0.15, 0.2) is 131 Å². The third-order valence-corrected chi connectivity index (χ3v) is 9.52. The molecule has 1 atom stereocenters. The molecular formula is C41H34N2O6S. The Balaban J connectivity index is 1.48. The van der Waals surface area contributed by atoms with Crippen molar-refractivity contribution in [1.29, 1.82) is 0 Å². The van der Waals surface area contributed by atoms with Gasteiger partial charge in [0.15, 0.2) is 16.3 Å². The molecule has 0 aliphatic carbocycles. The van der Waals surface area contributed by atoms with Crippen molar-refractivity contribution in [1.82, 2.24) is 4.57 Å². The third kappa shape index (κ3) is 6.19. The van der Waals surface area contributed by atoms with Gasteiger partial charge in [0.05, 0.1) is 42.7 Å². The SMILES string of the molecule is CCOC(=O)C1=C(c2ccccc2)N=c2s/c(=C\c3c(OCc4ccccc4)ccc4ccccc34)c(=O)n2[C@H]1c1ccc(OC)c(OC)c1. The van der Waals surface area contributed by atoms with Gasteiger partial charge in [-0.05, 0) is 53.1 Å². The lowest BCUT2D eigenvalue weighted by Gasteiger charge is -2.26. The molecule has 50 heavy (non-hydrogen) atoms. The molecule has 9 heteroatoms. The molecule has 0 saturated heterocycles. The Hall–Kier alpha value is -5.93. The summed E-state index contributed by atoms with van der Waals surface area (Å²) < 4.78 is 25.2. The Kier molecular flexibility index (Phi) is 9.31. The van der Waals surface area contributed by atoms with E-state index in [1.54, 1.807) is 37.8 Å². The Morgan fingerprint density at radius 1 is 0.840 bits per heavy atom. The van der Waals surface area contributed by atoms with Crippen LogP contribution in [0.2, 0.25) is 0 Å². The molecular weight excluding hydrogens is 649 g/mol. The second kappa shape index (κ2) is 14.3. The molecule has 7 rings (SSSR count). The summed E-state index contributed by atoms with van der Waals surface area (Å²) >= 11 is 1.26. The lowest BCUT2D eigenvalue weighted by atomic mass is 9.93. The van der Waals surface area contributed by atoms with Gasteiger partial charge in [0.2, 0.25) is 0 Å². The van der Waals surface area contributed by atoms with E-state index in [1.807, 2.05) is 109 Å². The predicted molar refractivity (Wildman–Crippen MR) is 195 cm³/mol. The van der Waals surface area contributed by atoms with Crippen molar-refractivity contribution in [3.05, 3.63) is 163 Å². The number of hydrogen-bond acceptors (Lipinski definition) is 8.